The summed E-state index contributed by atoms with van der Waals surface area (Å²) < 4.78 is 24.2. The van der Waals surface area contributed by atoms with Crippen LogP contribution < -0.4 is 0 Å². The van der Waals surface area contributed by atoms with Crippen LogP contribution in [0, 0.1) is 20.7 Å². The Bertz CT molecular complexity index is 28.3. The third kappa shape index (κ3) is 73.4. The summed E-state index contributed by atoms with van der Waals surface area (Å²) in [6, 6.07) is 0. The first kappa shape index (κ1) is 36.2. The Hall–Kier alpha value is 3.13. The van der Waals surface area contributed by atoms with Gasteiger partial charge in [0.25, 0.3) is 0 Å². The molecule has 0 bridgehead atoms. The zero-order valence-electron chi connectivity index (χ0n) is 7.59. The van der Waals surface area contributed by atoms with Gasteiger partial charge in [-0.15, -0.1) is 6.67 Å². The topological polar surface area (TPSA) is 9.23 Å². The Kier molecular flexibility index (Phi) is 196. The van der Waals surface area contributed by atoms with E-state index in [0.29, 0.717) is 13.9 Å². The van der Waals surface area contributed by atoms with Gasteiger partial charge in [-0.25, -0.2) is 7.11 Å². The Balaban J connectivity index is -0.0000000116. The molecule has 0 aromatic heterocycles. The van der Waals surface area contributed by atoms with Crippen LogP contribution in [0.1, 0.15) is 6.92 Å². The van der Waals surface area contributed by atoms with Crippen molar-refractivity contribution < 1.29 is 112 Å². The van der Waals surface area contributed by atoms with Crippen LogP contribution in [-0.2, 0) is 103 Å². The van der Waals surface area contributed by atoms with Crippen molar-refractivity contribution in [2.24, 2.45) is 0 Å². The summed E-state index contributed by atoms with van der Waals surface area (Å²) in [5.74, 6) is 0. The van der Waals surface area contributed by atoms with E-state index in [9.17, 15) is 8.78 Å². The first-order chi connectivity index (χ1) is 4.41. The zero-order valence-corrected chi connectivity index (χ0v) is 16.1. The molecule has 0 heterocycles. The van der Waals surface area contributed by atoms with Crippen molar-refractivity contribution in [2.75, 3.05) is 13.8 Å². The smallest absolute Gasteiger partial charge is 0.0785 e. The monoisotopic (exact) mass is 406 g/mol. The van der Waals surface area contributed by atoms with Crippen LogP contribution in [0.25, 0.3) is 0 Å². The van der Waals surface area contributed by atoms with Crippen LogP contribution in [0.5, 0.6) is 0 Å². The van der Waals surface area contributed by atoms with Gasteiger partial charge in [0, 0.05) is 98.1 Å². The van der Waals surface area contributed by atoms with Crippen LogP contribution in [0.15, 0.2) is 0 Å². The number of hydrogen-bond donors (Lipinski definition) is 0. The van der Waals surface area contributed by atoms with E-state index in [1.807, 2.05) is 0 Å². The van der Waals surface area contributed by atoms with Gasteiger partial charge >= 0.3 is 0 Å². The quantitative estimate of drug-likeness (QED) is 0.641. The van der Waals surface area contributed by atoms with Gasteiger partial charge < -0.3 is 16.1 Å². The van der Waals surface area contributed by atoms with Crippen LogP contribution >= 0.6 is 0 Å². The molecule has 0 spiro atoms. The van der Waals surface area contributed by atoms with Crippen molar-refractivity contribution in [3.05, 3.63) is 20.7 Å². The van der Waals surface area contributed by atoms with Gasteiger partial charge in [-0.05, 0) is 0 Å². The molecule has 6 heteroatoms. The molecule has 0 aromatic rings. The first-order valence-corrected chi connectivity index (χ1v) is 2.29. The maximum absolute atomic E-state index is 10.7. The third-order valence-electron chi connectivity index (χ3n) is 0.181. The molecule has 0 atom stereocenters. The normalized spacial score (nSPS) is 4.50. The average molecular weight is 406 g/mol. The van der Waals surface area contributed by atoms with E-state index in [2.05, 4.69) is 18.8 Å². The van der Waals surface area contributed by atoms with E-state index in [1.54, 1.807) is 6.92 Å². The predicted molar refractivity (Wildman–Crippen MR) is 34.8 cm³/mol. The number of ether oxygens (including phenoxy) is 1. The second-order valence-electron chi connectivity index (χ2n) is 0.525. The second kappa shape index (κ2) is 64.8. The molecular formula is C6H13F2OY3-3. The molecule has 0 amide bonds. The first-order valence-electron chi connectivity index (χ1n) is 2.29. The molecule has 0 aliphatic heterocycles. The van der Waals surface area contributed by atoms with E-state index in [-0.39, 0.29) is 105 Å². The van der Waals surface area contributed by atoms with Gasteiger partial charge in [0.05, 0.1) is 7.18 Å². The van der Waals surface area contributed by atoms with Gasteiger partial charge in [0.1, 0.15) is 0 Å². The molecule has 0 aliphatic rings. The molecule has 0 saturated heterocycles. The van der Waals surface area contributed by atoms with Crippen LogP contribution in [0.2, 0.25) is 0 Å². The summed E-state index contributed by atoms with van der Waals surface area (Å²) in [5.41, 5.74) is 0. The molecule has 0 aromatic carbocycles. The van der Waals surface area contributed by atoms with Crippen molar-refractivity contribution in [1.29, 1.82) is 0 Å². The van der Waals surface area contributed by atoms with Crippen molar-refractivity contribution in [3.63, 3.8) is 0 Å². The minimum absolute atomic E-state index is 0. The molecule has 0 N–H and O–H groups in total. The minimum Gasteiger partial charge on any atom is -0.578 e. The molecule has 0 fully saturated rings. The number of halogens is 2. The van der Waals surface area contributed by atoms with Gasteiger partial charge in [-0.2, -0.15) is 6.92 Å². The van der Waals surface area contributed by atoms with Gasteiger partial charge in [-0.1, -0.05) is 6.61 Å². The summed E-state index contributed by atoms with van der Waals surface area (Å²) in [4.78, 5) is 0. The van der Waals surface area contributed by atoms with Crippen molar-refractivity contribution in [3.8, 4) is 0 Å². The molecule has 69 valence electrons. The van der Waals surface area contributed by atoms with Gasteiger partial charge in [0.15, 0.2) is 0 Å². The van der Waals surface area contributed by atoms with Crippen LogP contribution in [-0.4, -0.2) is 13.8 Å². The summed E-state index contributed by atoms with van der Waals surface area (Å²) in [5, 5.41) is 0. The molecule has 0 saturated carbocycles. The summed E-state index contributed by atoms with van der Waals surface area (Å²) in [6.45, 7) is 5.38. The third-order valence-corrected chi connectivity index (χ3v) is 0.181. The van der Waals surface area contributed by atoms with E-state index in [0.717, 1.165) is 0 Å². The summed E-state index contributed by atoms with van der Waals surface area (Å²) >= 11 is 0. The van der Waals surface area contributed by atoms with Crippen molar-refractivity contribution in [1.82, 2.24) is 0 Å². The van der Waals surface area contributed by atoms with Crippen molar-refractivity contribution >= 4 is 0 Å². The maximum Gasteiger partial charge on any atom is 0.0785 e. The minimum atomic E-state index is -0.0139. The molecule has 0 unspecified atom stereocenters. The molecule has 0 rings (SSSR count). The Morgan fingerprint density at radius 1 is 1.17 bits per heavy atom. The summed E-state index contributed by atoms with van der Waals surface area (Å²) in [7, 11) is 3.40. The fourth-order valence-electron chi connectivity index (χ4n) is 0.0445. The molecule has 3 radical (unpaired) electrons. The van der Waals surface area contributed by atoms with E-state index in [1.165, 1.54) is 0 Å². The van der Waals surface area contributed by atoms with Crippen LogP contribution in [0.4, 0.5) is 8.78 Å². The SMILES string of the molecule is CF.[CH2-]C.[CH2-]OC[CH-]F.[Y].[Y].[Y]. The predicted octanol–water partition coefficient (Wildman–Crippen LogP) is 2.34. The second-order valence-corrected chi connectivity index (χ2v) is 0.525. The molecule has 12 heavy (non-hydrogen) atoms. The zero-order chi connectivity index (χ0) is 8.12. The van der Waals surface area contributed by atoms with Gasteiger partial charge in [0.2, 0.25) is 0 Å². The largest absolute Gasteiger partial charge is 0.578 e. The fourth-order valence-corrected chi connectivity index (χ4v) is 0.0445. The average Bonchev–Trinajstić information content (AvgIpc) is 1.98. The van der Waals surface area contributed by atoms with E-state index < -0.39 is 0 Å². The number of alkyl halides is 1. The van der Waals surface area contributed by atoms with E-state index >= 15 is 0 Å². The standard InChI is InChI=1S/C3H5FO.C2H5.CH3F.3Y/c1-5-3-2-4;2*1-2;;;/h2H,1,3H2;1H2,2H3;1H3;;;/q-2;-1;;;;. The Labute approximate surface area is 150 Å². The molecule has 0 aliphatic carbocycles. The number of rotatable bonds is 2. The molecule has 1 nitrogen and oxygen atoms in total. The van der Waals surface area contributed by atoms with E-state index in [4.69, 9.17) is 0 Å². The number of hydrogen-bond acceptors (Lipinski definition) is 1. The Morgan fingerprint density at radius 3 is 1.42 bits per heavy atom. The Morgan fingerprint density at radius 2 is 1.42 bits per heavy atom. The summed E-state index contributed by atoms with van der Waals surface area (Å²) in [6.07, 6.45) is 0. The van der Waals surface area contributed by atoms with Crippen molar-refractivity contribution in [2.45, 2.75) is 6.92 Å². The van der Waals surface area contributed by atoms with Crippen LogP contribution in [0.3, 0.4) is 0 Å². The molecular weight excluding hydrogens is 393 g/mol. The fraction of sp³-hybridized carbons (Fsp3) is 0.500. The maximum atomic E-state index is 10.7. The van der Waals surface area contributed by atoms with Gasteiger partial charge in [-0.3, -0.25) is 4.39 Å².